The van der Waals surface area contributed by atoms with E-state index in [1.165, 1.54) is 6.20 Å². The normalized spacial score (nSPS) is 14.3. The lowest BCUT2D eigenvalue weighted by molar-refractivity contribution is 0.0733. The fourth-order valence-electron chi connectivity index (χ4n) is 2.49. The molecule has 0 aliphatic carbocycles. The molecule has 0 fully saturated rings. The predicted molar refractivity (Wildman–Crippen MR) is 70.5 cm³/mol. The van der Waals surface area contributed by atoms with Gasteiger partial charge in [-0.25, -0.2) is 0 Å². The molecule has 2 aromatic rings. The number of rotatable bonds is 1. The van der Waals surface area contributed by atoms with E-state index in [1.807, 2.05) is 18.2 Å². The van der Waals surface area contributed by atoms with E-state index >= 15 is 0 Å². The molecule has 0 saturated carbocycles. The van der Waals surface area contributed by atoms with Crippen LogP contribution >= 0.6 is 0 Å². The maximum Gasteiger partial charge on any atom is 0.259 e. The van der Waals surface area contributed by atoms with E-state index in [2.05, 4.69) is 5.16 Å². The van der Waals surface area contributed by atoms with Crippen LogP contribution in [0.25, 0.3) is 0 Å². The van der Waals surface area contributed by atoms with Gasteiger partial charge in [0.1, 0.15) is 11.3 Å². The number of fused-ring (bicyclic) bond motifs is 1. The van der Waals surface area contributed by atoms with E-state index in [9.17, 15) is 4.79 Å². The number of hydrogen-bond donors (Lipinski definition) is 1. The second-order valence-corrected chi connectivity index (χ2v) is 4.76. The van der Waals surface area contributed by atoms with Crippen LogP contribution in [0.1, 0.15) is 27.2 Å². The number of carbonyl (C=O) groups is 1. The van der Waals surface area contributed by atoms with E-state index in [4.69, 9.17) is 10.3 Å². The first-order chi connectivity index (χ1) is 9.16. The average molecular weight is 257 g/mol. The molecule has 0 bridgehead atoms. The Balaban J connectivity index is 1.87. The number of anilines is 1. The van der Waals surface area contributed by atoms with Gasteiger partial charge in [-0.05, 0) is 30.5 Å². The van der Waals surface area contributed by atoms with Crippen LogP contribution in [0, 0.1) is 6.92 Å². The number of aryl methyl sites for hydroxylation is 1. The topological polar surface area (TPSA) is 72.4 Å². The van der Waals surface area contributed by atoms with Crippen LogP contribution in [-0.2, 0) is 13.0 Å². The molecule has 1 aromatic heterocycles. The molecule has 2 heterocycles. The summed E-state index contributed by atoms with van der Waals surface area (Å²) in [6.45, 7) is 3.00. The summed E-state index contributed by atoms with van der Waals surface area (Å²) >= 11 is 0. The first-order valence-electron chi connectivity index (χ1n) is 6.23. The first-order valence-corrected chi connectivity index (χ1v) is 6.23. The highest BCUT2D eigenvalue weighted by Gasteiger charge is 2.25. The third-order valence-electron chi connectivity index (χ3n) is 3.57. The Labute approximate surface area is 111 Å². The molecule has 1 aromatic carbocycles. The lowest BCUT2D eigenvalue weighted by Crippen LogP contribution is -2.36. The number of nitrogen functional groups attached to an aromatic ring is 1. The van der Waals surface area contributed by atoms with Crippen LogP contribution < -0.4 is 5.73 Å². The molecular weight excluding hydrogens is 242 g/mol. The van der Waals surface area contributed by atoms with Crippen molar-refractivity contribution in [3.05, 3.63) is 46.8 Å². The molecule has 3 rings (SSSR count). The standard InChI is InChI=1S/C14H15N3O2/c1-9-12(7-16-19-9)14(18)17-6-5-11-10(8-17)3-2-4-13(11)15/h2-4,7H,5-6,8,15H2,1H3. The van der Waals surface area contributed by atoms with Crippen molar-refractivity contribution in [1.29, 1.82) is 0 Å². The lowest BCUT2D eigenvalue weighted by Gasteiger charge is -2.29. The van der Waals surface area contributed by atoms with Gasteiger partial charge in [0.25, 0.3) is 5.91 Å². The Morgan fingerprint density at radius 3 is 3.05 bits per heavy atom. The van der Waals surface area contributed by atoms with Gasteiger partial charge in [0.2, 0.25) is 0 Å². The molecule has 1 amide bonds. The SMILES string of the molecule is Cc1oncc1C(=O)N1CCc2c(N)cccc2C1. The Morgan fingerprint density at radius 1 is 1.47 bits per heavy atom. The third kappa shape index (κ3) is 1.97. The van der Waals surface area contributed by atoms with Gasteiger partial charge in [-0.3, -0.25) is 4.79 Å². The minimum Gasteiger partial charge on any atom is -0.398 e. The van der Waals surface area contributed by atoms with Crippen molar-refractivity contribution in [2.24, 2.45) is 0 Å². The minimum absolute atomic E-state index is 0.0353. The number of amides is 1. The average Bonchev–Trinajstić information content (AvgIpc) is 2.84. The lowest BCUT2D eigenvalue weighted by atomic mass is 9.97. The Bertz CT molecular complexity index is 633. The smallest absolute Gasteiger partial charge is 0.259 e. The van der Waals surface area contributed by atoms with Crippen molar-refractivity contribution in [2.75, 3.05) is 12.3 Å². The van der Waals surface area contributed by atoms with Crippen molar-refractivity contribution in [3.8, 4) is 0 Å². The monoisotopic (exact) mass is 257 g/mol. The quantitative estimate of drug-likeness (QED) is 0.790. The van der Waals surface area contributed by atoms with Gasteiger partial charge < -0.3 is 15.2 Å². The molecule has 5 nitrogen and oxygen atoms in total. The van der Waals surface area contributed by atoms with Crippen molar-refractivity contribution >= 4 is 11.6 Å². The molecule has 0 atom stereocenters. The van der Waals surface area contributed by atoms with Crippen LogP contribution in [0.3, 0.4) is 0 Å². The van der Waals surface area contributed by atoms with Crippen LogP contribution in [-0.4, -0.2) is 22.5 Å². The predicted octanol–water partition coefficient (Wildman–Crippen LogP) is 1.76. The van der Waals surface area contributed by atoms with Crippen molar-refractivity contribution in [1.82, 2.24) is 10.1 Å². The van der Waals surface area contributed by atoms with Crippen LogP contribution in [0.15, 0.2) is 28.9 Å². The molecular formula is C14H15N3O2. The first kappa shape index (κ1) is 11.8. The molecule has 5 heteroatoms. The van der Waals surface area contributed by atoms with Gasteiger partial charge in [0, 0.05) is 18.8 Å². The fraction of sp³-hybridized carbons (Fsp3) is 0.286. The molecule has 98 valence electrons. The summed E-state index contributed by atoms with van der Waals surface area (Å²) in [5.74, 6) is 0.523. The van der Waals surface area contributed by atoms with E-state index in [0.29, 0.717) is 24.4 Å². The molecule has 0 unspecified atom stereocenters. The number of hydrogen-bond acceptors (Lipinski definition) is 4. The number of benzene rings is 1. The zero-order valence-electron chi connectivity index (χ0n) is 10.7. The van der Waals surface area contributed by atoms with Crippen LogP contribution in [0.4, 0.5) is 5.69 Å². The summed E-state index contributed by atoms with van der Waals surface area (Å²) in [5.41, 5.74) is 9.58. The van der Waals surface area contributed by atoms with Gasteiger partial charge in [0.15, 0.2) is 0 Å². The maximum atomic E-state index is 12.4. The molecule has 0 saturated heterocycles. The Kier molecular flexibility index (Phi) is 2.74. The summed E-state index contributed by atoms with van der Waals surface area (Å²) in [4.78, 5) is 14.2. The highest BCUT2D eigenvalue weighted by Crippen LogP contribution is 2.25. The molecule has 0 spiro atoms. The summed E-state index contributed by atoms with van der Waals surface area (Å²) in [7, 11) is 0. The van der Waals surface area contributed by atoms with Gasteiger partial charge in [0.05, 0.1) is 6.20 Å². The van der Waals surface area contributed by atoms with Crippen molar-refractivity contribution < 1.29 is 9.32 Å². The summed E-state index contributed by atoms with van der Waals surface area (Å²) in [6, 6.07) is 5.85. The fourth-order valence-corrected chi connectivity index (χ4v) is 2.49. The van der Waals surface area contributed by atoms with Crippen molar-refractivity contribution in [2.45, 2.75) is 19.9 Å². The molecule has 1 aliphatic rings. The number of nitrogens with zero attached hydrogens (tertiary/aromatic N) is 2. The summed E-state index contributed by atoms with van der Waals surface area (Å²) in [5, 5.41) is 3.65. The third-order valence-corrected chi connectivity index (χ3v) is 3.57. The van der Waals surface area contributed by atoms with Crippen molar-refractivity contribution in [3.63, 3.8) is 0 Å². The number of aromatic nitrogens is 1. The number of carbonyl (C=O) groups excluding carboxylic acids is 1. The molecule has 2 N–H and O–H groups in total. The highest BCUT2D eigenvalue weighted by atomic mass is 16.5. The Morgan fingerprint density at radius 2 is 2.32 bits per heavy atom. The van der Waals surface area contributed by atoms with Crippen LogP contribution in [0.2, 0.25) is 0 Å². The summed E-state index contributed by atoms with van der Waals surface area (Å²) < 4.78 is 4.95. The molecule has 1 aliphatic heterocycles. The zero-order chi connectivity index (χ0) is 13.4. The highest BCUT2D eigenvalue weighted by molar-refractivity contribution is 5.95. The van der Waals surface area contributed by atoms with Gasteiger partial charge in [-0.2, -0.15) is 0 Å². The minimum atomic E-state index is -0.0353. The van der Waals surface area contributed by atoms with Gasteiger partial charge in [-0.15, -0.1) is 0 Å². The van der Waals surface area contributed by atoms with E-state index < -0.39 is 0 Å². The van der Waals surface area contributed by atoms with E-state index in [0.717, 1.165) is 23.2 Å². The largest absolute Gasteiger partial charge is 0.398 e. The molecule has 19 heavy (non-hydrogen) atoms. The van der Waals surface area contributed by atoms with Gasteiger partial charge in [-0.1, -0.05) is 17.3 Å². The van der Waals surface area contributed by atoms with E-state index in [1.54, 1.807) is 11.8 Å². The summed E-state index contributed by atoms with van der Waals surface area (Å²) in [6.07, 6.45) is 2.27. The second-order valence-electron chi connectivity index (χ2n) is 4.76. The number of nitrogens with two attached hydrogens (primary N) is 1. The van der Waals surface area contributed by atoms with Crippen LogP contribution in [0.5, 0.6) is 0 Å². The second kappa shape index (κ2) is 4.42. The molecule has 0 radical (unpaired) electrons. The maximum absolute atomic E-state index is 12.4. The Hall–Kier alpha value is -2.30. The van der Waals surface area contributed by atoms with E-state index in [-0.39, 0.29) is 5.91 Å². The van der Waals surface area contributed by atoms with Gasteiger partial charge >= 0.3 is 0 Å². The zero-order valence-corrected chi connectivity index (χ0v) is 10.7.